The second kappa shape index (κ2) is 7.87. The minimum Gasteiger partial charge on any atom is -0.506 e. The highest BCUT2D eigenvalue weighted by atomic mass is 16.4. The molecule has 0 aromatic heterocycles. The van der Waals surface area contributed by atoms with E-state index in [1.54, 1.807) is 36.4 Å². The average Bonchev–Trinajstić information content (AvgIpc) is 3.17. The molecule has 0 unspecified atom stereocenters. The molecule has 0 spiro atoms. The molecule has 3 aliphatic rings. The molecular formula is C30H29N2O5+. The number of ketones is 1. The van der Waals surface area contributed by atoms with Crippen molar-refractivity contribution in [3.8, 4) is 0 Å². The zero-order valence-electron chi connectivity index (χ0n) is 21.7. The molecule has 1 aliphatic carbocycles. The Hall–Kier alpha value is -4.26. The van der Waals surface area contributed by atoms with Crippen molar-refractivity contribution in [2.24, 2.45) is 0 Å². The lowest BCUT2D eigenvalue weighted by Gasteiger charge is -2.27. The molecule has 37 heavy (non-hydrogen) atoms. The van der Waals surface area contributed by atoms with Gasteiger partial charge in [-0.25, -0.2) is 4.79 Å². The average molecular weight is 498 g/mol. The second-order valence-electron chi connectivity index (χ2n) is 10.9. The standard InChI is InChI=1S/C30H28N2O5/c1-29(2)20-11-16(15-33)7-9-22(20)31(5)24(29)13-18-26(34)19(27(18)35)14-25-30(3,4)21-12-17(28(36)37)8-10-23(21)32(25)6/h7-15H,1-6H3,(H-,34,35,36,37)/p+1. The predicted octanol–water partition coefficient (Wildman–Crippen LogP) is 4.84. The summed E-state index contributed by atoms with van der Waals surface area (Å²) in [5, 5.41) is 20.4. The summed E-state index contributed by atoms with van der Waals surface area (Å²) in [4.78, 5) is 38.1. The summed E-state index contributed by atoms with van der Waals surface area (Å²) < 4.78 is 1.93. The minimum atomic E-state index is -0.996. The molecular weight excluding hydrogens is 468 g/mol. The van der Waals surface area contributed by atoms with Gasteiger partial charge in [-0.05, 0) is 55.8 Å². The molecule has 0 saturated carbocycles. The number of rotatable bonds is 4. The van der Waals surface area contributed by atoms with E-state index in [2.05, 4.69) is 0 Å². The number of nitrogens with zero attached hydrogens (tertiary/aromatic N) is 2. The van der Waals surface area contributed by atoms with Gasteiger partial charge in [-0.3, -0.25) is 9.59 Å². The third-order valence-corrected chi connectivity index (χ3v) is 8.03. The van der Waals surface area contributed by atoms with Crippen LogP contribution >= 0.6 is 0 Å². The smallest absolute Gasteiger partial charge is 0.335 e. The van der Waals surface area contributed by atoms with Crippen molar-refractivity contribution in [2.45, 2.75) is 38.5 Å². The lowest BCUT2D eigenvalue weighted by atomic mass is 9.77. The topological polar surface area (TPSA) is 97.9 Å². The molecule has 2 heterocycles. The normalized spacial score (nSPS) is 21.5. The van der Waals surface area contributed by atoms with E-state index in [1.807, 2.05) is 63.4 Å². The number of hydrogen-bond donors (Lipinski definition) is 2. The van der Waals surface area contributed by atoms with Crippen LogP contribution in [0, 0.1) is 0 Å². The van der Waals surface area contributed by atoms with E-state index in [0.29, 0.717) is 5.56 Å². The Morgan fingerprint density at radius 3 is 2.32 bits per heavy atom. The van der Waals surface area contributed by atoms with Gasteiger partial charge in [0.1, 0.15) is 19.1 Å². The third kappa shape index (κ3) is 3.34. The SMILES string of the molecule is CN1/C(=C/C2=C(O)C(=C\C3=[N+](C)c4ccc(C(=O)O)cc4C3(C)C)/C2=O)C(C)(C)c2cc(C=O)ccc21. The Bertz CT molecular complexity index is 1570. The van der Waals surface area contributed by atoms with Crippen molar-refractivity contribution in [3.63, 3.8) is 0 Å². The Morgan fingerprint density at radius 2 is 1.70 bits per heavy atom. The number of carboxylic acids is 1. The molecule has 0 bridgehead atoms. The van der Waals surface area contributed by atoms with E-state index in [9.17, 15) is 24.6 Å². The molecule has 0 fully saturated rings. The fraction of sp³-hybridized carbons (Fsp3) is 0.267. The lowest BCUT2D eigenvalue weighted by molar-refractivity contribution is -0.401. The Kier molecular flexibility index (Phi) is 5.20. The molecule has 0 radical (unpaired) electrons. The zero-order chi connectivity index (χ0) is 27.0. The van der Waals surface area contributed by atoms with Gasteiger partial charge in [0.15, 0.2) is 5.71 Å². The van der Waals surface area contributed by atoms with Crippen molar-refractivity contribution in [1.82, 2.24) is 0 Å². The zero-order valence-corrected chi connectivity index (χ0v) is 21.7. The van der Waals surface area contributed by atoms with E-state index in [1.165, 1.54) is 0 Å². The Balaban J connectivity index is 1.54. The molecule has 7 heteroatoms. The number of aliphatic hydroxyl groups excluding tert-OH is 1. The molecule has 2 aliphatic heterocycles. The van der Waals surface area contributed by atoms with Crippen LogP contribution in [0.5, 0.6) is 0 Å². The van der Waals surface area contributed by atoms with Gasteiger partial charge in [0.05, 0.1) is 22.1 Å². The Morgan fingerprint density at radius 1 is 1.00 bits per heavy atom. The number of hydrogen-bond acceptors (Lipinski definition) is 5. The first-order valence-corrected chi connectivity index (χ1v) is 12.0. The molecule has 0 atom stereocenters. The maximum absolute atomic E-state index is 13.3. The van der Waals surface area contributed by atoms with Gasteiger partial charge in [-0.1, -0.05) is 13.8 Å². The van der Waals surface area contributed by atoms with Gasteiger partial charge in [-0.15, -0.1) is 0 Å². The fourth-order valence-corrected chi connectivity index (χ4v) is 5.79. The first-order valence-electron chi connectivity index (χ1n) is 12.0. The number of benzene rings is 2. The summed E-state index contributed by atoms with van der Waals surface area (Å²) in [5.74, 6) is -1.31. The summed E-state index contributed by atoms with van der Waals surface area (Å²) in [6.45, 7) is 8.01. The van der Waals surface area contributed by atoms with Crippen LogP contribution in [-0.2, 0) is 15.6 Å². The first kappa shape index (κ1) is 24.4. The molecule has 2 aromatic carbocycles. The van der Waals surface area contributed by atoms with Crippen LogP contribution in [0.3, 0.4) is 0 Å². The maximum atomic E-state index is 13.3. The quantitative estimate of drug-likeness (QED) is 0.357. The molecule has 0 amide bonds. The number of aliphatic hydroxyl groups is 1. The summed E-state index contributed by atoms with van der Waals surface area (Å²) in [7, 11) is 3.78. The van der Waals surface area contributed by atoms with Crippen molar-refractivity contribution < 1.29 is 29.2 Å². The third-order valence-electron chi connectivity index (χ3n) is 8.03. The highest BCUT2D eigenvalue weighted by Gasteiger charge is 2.46. The highest BCUT2D eigenvalue weighted by molar-refractivity contribution is 6.24. The largest absolute Gasteiger partial charge is 0.506 e. The summed E-state index contributed by atoms with van der Waals surface area (Å²) in [6.07, 6.45) is 4.26. The van der Waals surface area contributed by atoms with Crippen molar-refractivity contribution >= 4 is 35.1 Å². The van der Waals surface area contributed by atoms with Gasteiger partial charge >= 0.3 is 5.97 Å². The number of Topliss-reactive ketones (excluding diaryl/α,β-unsaturated/α-hetero) is 1. The molecule has 0 saturated heterocycles. The molecule has 188 valence electrons. The van der Waals surface area contributed by atoms with E-state index in [4.69, 9.17) is 0 Å². The number of carboxylic acid groups (broad SMARTS) is 1. The van der Waals surface area contributed by atoms with Crippen LogP contribution in [-0.4, -0.2) is 52.6 Å². The lowest BCUT2D eigenvalue weighted by Crippen LogP contribution is -2.31. The van der Waals surface area contributed by atoms with E-state index < -0.39 is 16.8 Å². The van der Waals surface area contributed by atoms with Gasteiger partial charge < -0.3 is 15.1 Å². The van der Waals surface area contributed by atoms with Crippen molar-refractivity contribution in [1.29, 1.82) is 0 Å². The van der Waals surface area contributed by atoms with Crippen LogP contribution in [0.15, 0.2) is 71.2 Å². The number of carbonyl (C=O) groups is 3. The van der Waals surface area contributed by atoms with E-state index in [-0.39, 0.29) is 28.3 Å². The number of carbonyl (C=O) groups excluding carboxylic acids is 2. The van der Waals surface area contributed by atoms with Crippen LogP contribution in [0.25, 0.3) is 0 Å². The summed E-state index contributed by atoms with van der Waals surface area (Å²) in [6, 6.07) is 10.5. The van der Waals surface area contributed by atoms with Crippen LogP contribution in [0.2, 0.25) is 0 Å². The molecule has 2 aromatic rings. The second-order valence-corrected chi connectivity index (χ2v) is 10.9. The first-order chi connectivity index (χ1) is 17.3. The Labute approximate surface area is 215 Å². The minimum absolute atomic E-state index is 0.0647. The number of aromatic carboxylic acids is 1. The summed E-state index contributed by atoms with van der Waals surface area (Å²) in [5.41, 5.74) is 5.51. The maximum Gasteiger partial charge on any atom is 0.335 e. The number of allylic oxidation sites excluding steroid dienone is 5. The molecule has 7 nitrogen and oxygen atoms in total. The van der Waals surface area contributed by atoms with Crippen LogP contribution < -0.4 is 4.90 Å². The number of anilines is 1. The van der Waals surface area contributed by atoms with Crippen LogP contribution in [0.1, 0.15) is 59.5 Å². The van der Waals surface area contributed by atoms with Gasteiger partial charge in [-0.2, -0.15) is 4.58 Å². The predicted molar refractivity (Wildman–Crippen MR) is 141 cm³/mol. The van der Waals surface area contributed by atoms with E-state index in [0.717, 1.165) is 40.2 Å². The monoisotopic (exact) mass is 497 g/mol. The van der Waals surface area contributed by atoms with Gasteiger partial charge in [0, 0.05) is 47.1 Å². The fourth-order valence-electron chi connectivity index (χ4n) is 5.79. The van der Waals surface area contributed by atoms with Gasteiger partial charge in [0.25, 0.3) is 0 Å². The molecule has 2 N–H and O–H groups in total. The van der Waals surface area contributed by atoms with E-state index >= 15 is 0 Å². The number of likely N-dealkylation sites (N-methyl/N-ethyl adjacent to an activating group) is 1. The highest BCUT2D eigenvalue weighted by Crippen LogP contribution is 2.48. The van der Waals surface area contributed by atoms with Gasteiger partial charge in [0.2, 0.25) is 11.5 Å². The number of fused-ring (bicyclic) bond motifs is 2. The van der Waals surface area contributed by atoms with Crippen molar-refractivity contribution in [2.75, 3.05) is 19.0 Å². The molecule has 5 rings (SSSR count). The summed E-state index contributed by atoms with van der Waals surface area (Å²) >= 11 is 0. The van der Waals surface area contributed by atoms with Crippen molar-refractivity contribution in [3.05, 3.63) is 93.4 Å². The number of aldehydes is 1. The van der Waals surface area contributed by atoms with Crippen LogP contribution in [0.4, 0.5) is 11.4 Å².